The van der Waals surface area contributed by atoms with Crippen molar-refractivity contribution in [3.8, 4) is 5.75 Å². The van der Waals surface area contributed by atoms with Crippen molar-refractivity contribution in [1.29, 1.82) is 0 Å². The number of halogens is 1. The van der Waals surface area contributed by atoms with Crippen LogP contribution in [0.5, 0.6) is 5.75 Å². The zero-order valence-corrected chi connectivity index (χ0v) is 14.1. The van der Waals surface area contributed by atoms with Gasteiger partial charge in [-0.25, -0.2) is 0 Å². The first-order valence-electron chi connectivity index (χ1n) is 7.88. The first kappa shape index (κ1) is 15.1. The summed E-state index contributed by atoms with van der Waals surface area (Å²) in [6.07, 6.45) is 0.808. The molecule has 0 saturated heterocycles. The number of aromatic nitrogens is 1. The van der Waals surface area contributed by atoms with Crippen LogP contribution in [0.15, 0.2) is 42.5 Å². The first-order chi connectivity index (χ1) is 11.7. The molecule has 1 N–H and O–H groups in total. The lowest BCUT2D eigenvalue weighted by Gasteiger charge is -2.27. The van der Waals surface area contributed by atoms with E-state index in [1.165, 1.54) is 5.69 Å². The molecule has 4 rings (SSSR count). The van der Waals surface area contributed by atoms with Crippen LogP contribution in [0.25, 0.3) is 10.9 Å². The van der Waals surface area contributed by atoms with Gasteiger partial charge in [-0.15, -0.1) is 0 Å². The molecule has 5 heteroatoms. The zero-order valence-electron chi connectivity index (χ0n) is 13.3. The van der Waals surface area contributed by atoms with Crippen molar-refractivity contribution in [2.75, 3.05) is 13.7 Å². The van der Waals surface area contributed by atoms with Gasteiger partial charge in [-0.05, 0) is 30.3 Å². The molecule has 0 fully saturated rings. The first-order valence-corrected chi connectivity index (χ1v) is 8.26. The molecule has 4 nitrogen and oxygen atoms in total. The number of fused-ring (bicyclic) bond motifs is 3. The number of hydrogen-bond acceptors (Lipinski definition) is 2. The summed E-state index contributed by atoms with van der Waals surface area (Å²) in [4.78, 5) is 18.1. The molecular weight excluding hydrogens is 324 g/mol. The normalized spacial score (nSPS) is 13.8. The lowest BCUT2D eigenvalue weighted by Crippen LogP contribution is -2.35. The van der Waals surface area contributed by atoms with Crippen LogP contribution in [-0.4, -0.2) is 29.4 Å². The molecule has 2 heterocycles. The molecule has 0 saturated carbocycles. The van der Waals surface area contributed by atoms with Crippen LogP contribution in [0.3, 0.4) is 0 Å². The fourth-order valence-corrected chi connectivity index (χ4v) is 3.52. The van der Waals surface area contributed by atoms with Crippen molar-refractivity contribution in [2.24, 2.45) is 0 Å². The van der Waals surface area contributed by atoms with Gasteiger partial charge < -0.3 is 14.6 Å². The number of nitrogens with one attached hydrogen (secondary N) is 1. The highest BCUT2D eigenvalue weighted by atomic mass is 35.5. The lowest BCUT2D eigenvalue weighted by atomic mass is 10.0. The van der Waals surface area contributed by atoms with Gasteiger partial charge in [-0.3, -0.25) is 4.79 Å². The summed E-state index contributed by atoms with van der Waals surface area (Å²) in [5.41, 5.74) is 3.99. The Bertz CT molecular complexity index is 932. The second-order valence-corrected chi connectivity index (χ2v) is 6.36. The average Bonchev–Trinajstić information content (AvgIpc) is 2.98. The third kappa shape index (κ3) is 2.43. The molecule has 24 heavy (non-hydrogen) atoms. The number of aromatic amines is 1. The predicted molar refractivity (Wildman–Crippen MR) is 94.7 cm³/mol. The van der Waals surface area contributed by atoms with Crippen molar-refractivity contribution in [3.63, 3.8) is 0 Å². The molecule has 0 aliphatic carbocycles. The highest BCUT2D eigenvalue weighted by Crippen LogP contribution is 2.31. The van der Waals surface area contributed by atoms with Crippen molar-refractivity contribution in [3.05, 3.63) is 64.3 Å². The van der Waals surface area contributed by atoms with E-state index in [1.807, 2.05) is 35.2 Å². The largest absolute Gasteiger partial charge is 0.497 e. The van der Waals surface area contributed by atoms with E-state index in [0.29, 0.717) is 23.7 Å². The number of methoxy groups -OCH3 is 1. The van der Waals surface area contributed by atoms with Crippen molar-refractivity contribution < 1.29 is 9.53 Å². The maximum atomic E-state index is 12.8. The third-order valence-electron chi connectivity index (χ3n) is 4.57. The standard InChI is InChI=1S/C19H17ClN2O2/c1-24-12-6-7-17-14(10-12)15-11-22(9-8-18(15)21-17)19(23)13-4-2-3-5-16(13)20/h2-7,10,21H,8-9,11H2,1H3. The van der Waals surface area contributed by atoms with Crippen molar-refractivity contribution in [1.82, 2.24) is 9.88 Å². The summed E-state index contributed by atoms with van der Waals surface area (Å²) >= 11 is 6.18. The molecule has 0 unspecified atom stereocenters. The number of H-pyrrole nitrogens is 1. The second-order valence-electron chi connectivity index (χ2n) is 5.95. The quantitative estimate of drug-likeness (QED) is 0.765. The molecular formula is C19H17ClN2O2. The molecule has 1 aliphatic rings. The summed E-state index contributed by atoms with van der Waals surface area (Å²) in [6.45, 7) is 1.26. The molecule has 0 atom stereocenters. The fraction of sp³-hybridized carbons (Fsp3) is 0.211. The molecule has 0 bridgehead atoms. The average molecular weight is 341 g/mol. The fourth-order valence-electron chi connectivity index (χ4n) is 3.30. The molecule has 3 aromatic rings. The number of benzene rings is 2. The topological polar surface area (TPSA) is 45.3 Å². The van der Waals surface area contributed by atoms with Crippen LogP contribution in [0, 0.1) is 0 Å². The van der Waals surface area contributed by atoms with Gasteiger partial charge in [0.05, 0.1) is 17.7 Å². The SMILES string of the molecule is COc1ccc2[nH]c3c(c2c1)CN(C(=O)c1ccccc1Cl)CC3. The van der Waals surface area contributed by atoms with Gasteiger partial charge in [-0.1, -0.05) is 23.7 Å². The molecule has 1 amide bonds. The van der Waals surface area contributed by atoms with Gasteiger partial charge >= 0.3 is 0 Å². The van der Waals surface area contributed by atoms with E-state index in [9.17, 15) is 4.79 Å². The number of nitrogens with zero attached hydrogens (tertiary/aromatic N) is 1. The maximum absolute atomic E-state index is 12.8. The van der Waals surface area contributed by atoms with Gasteiger partial charge in [0, 0.05) is 41.7 Å². The summed E-state index contributed by atoms with van der Waals surface area (Å²) in [5.74, 6) is 0.794. The van der Waals surface area contributed by atoms with E-state index in [-0.39, 0.29) is 5.91 Å². The highest BCUT2D eigenvalue weighted by molar-refractivity contribution is 6.33. The van der Waals surface area contributed by atoms with Crippen molar-refractivity contribution >= 4 is 28.4 Å². The number of amides is 1. The van der Waals surface area contributed by atoms with Gasteiger partial charge in [0.25, 0.3) is 5.91 Å². The molecule has 1 aliphatic heterocycles. The molecule has 122 valence electrons. The number of rotatable bonds is 2. The van der Waals surface area contributed by atoms with Gasteiger partial charge in [0.2, 0.25) is 0 Å². The summed E-state index contributed by atoms with van der Waals surface area (Å²) < 4.78 is 5.33. The molecule has 1 aromatic heterocycles. The van der Waals surface area contributed by atoms with Gasteiger partial charge in [0.15, 0.2) is 0 Å². The Morgan fingerprint density at radius 2 is 2.08 bits per heavy atom. The van der Waals surface area contributed by atoms with E-state index in [4.69, 9.17) is 16.3 Å². The van der Waals surface area contributed by atoms with E-state index in [1.54, 1.807) is 19.2 Å². The minimum absolute atomic E-state index is 0.0245. The van der Waals surface area contributed by atoms with E-state index in [2.05, 4.69) is 4.98 Å². The third-order valence-corrected chi connectivity index (χ3v) is 4.90. The number of carbonyl (C=O) groups excluding carboxylic acids is 1. The summed E-state index contributed by atoms with van der Waals surface area (Å²) in [7, 11) is 1.66. The highest BCUT2D eigenvalue weighted by Gasteiger charge is 2.25. The number of hydrogen-bond donors (Lipinski definition) is 1. The van der Waals surface area contributed by atoms with Crippen LogP contribution in [-0.2, 0) is 13.0 Å². The van der Waals surface area contributed by atoms with Crippen molar-refractivity contribution in [2.45, 2.75) is 13.0 Å². The van der Waals surface area contributed by atoms with E-state index in [0.717, 1.165) is 28.6 Å². The predicted octanol–water partition coefficient (Wildman–Crippen LogP) is 4.03. The van der Waals surface area contributed by atoms with Gasteiger partial charge in [0.1, 0.15) is 5.75 Å². The number of ether oxygens (including phenoxy) is 1. The van der Waals surface area contributed by atoms with Gasteiger partial charge in [-0.2, -0.15) is 0 Å². The Balaban J connectivity index is 1.70. The van der Waals surface area contributed by atoms with E-state index < -0.39 is 0 Å². The minimum atomic E-state index is -0.0245. The minimum Gasteiger partial charge on any atom is -0.497 e. The van der Waals surface area contributed by atoms with Crippen LogP contribution in [0.4, 0.5) is 0 Å². The zero-order chi connectivity index (χ0) is 16.7. The van der Waals surface area contributed by atoms with Crippen LogP contribution >= 0.6 is 11.6 Å². The molecule has 2 aromatic carbocycles. The second kappa shape index (κ2) is 5.87. The Morgan fingerprint density at radius 1 is 1.25 bits per heavy atom. The molecule has 0 radical (unpaired) electrons. The maximum Gasteiger partial charge on any atom is 0.255 e. The van der Waals surface area contributed by atoms with Crippen LogP contribution < -0.4 is 4.74 Å². The lowest BCUT2D eigenvalue weighted by molar-refractivity contribution is 0.0735. The van der Waals surface area contributed by atoms with E-state index >= 15 is 0 Å². The Morgan fingerprint density at radius 3 is 2.88 bits per heavy atom. The Labute approximate surface area is 145 Å². The molecule has 0 spiro atoms. The summed E-state index contributed by atoms with van der Waals surface area (Å²) in [5, 5.41) is 1.61. The smallest absolute Gasteiger partial charge is 0.255 e. The summed E-state index contributed by atoms with van der Waals surface area (Å²) in [6, 6.07) is 13.2. The van der Waals surface area contributed by atoms with Crippen LogP contribution in [0.2, 0.25) is 5.02 Å². The Kier molecular flexibility index (Phi) is 3.69. The van der Waals surface area contributed by atoms with Crippen LogP contribution in [0.1, 0.15) is 21.6 Å². The Hall–Kier alpha value is -2.46. The number of carbonyl (C=O) groups is 1. The monoisotopic (exact) mass is 340 g/mol.